The van der Waals surface area contributed by atoms with Gasteiger partial charge in [0, 0.05) is 36.2 Å². The molecule has 1 aliphatic heterocycles. The first kappa shape index (κ1) is 17.0. The summed E-state index contributed by atoms with van der Waals surface area (Å²) >= 11 is 2.00. The molecule has 0 amide bonds. The molecule has 86 valence electrons. The summed E-state index contributed by atoms with van der Waals surface area (Å²) in [4.78, 5) is 0. The largest absolute Gasteiger partial charge is 0.312 e. The maximum absolute atomic E-state index is 7.68. The third kappa shape index (κ3) is 6.93. The highest BCUT2D eigenvalue weighted by atomic mass is 35.5. The van der Waals surface area contributed by atoms with Crippen LogP contribution in [-0.2, 0) is 0 Å². The lowest BCUT2D eigenvalue weighted by molar-refractivity contribution is 0.578. The SMILES string of the molecule is CCCC(=N)CC1CSCCN1.Cl.Cl. The summed E-state index contributed by atoms with van der Waals surface area (Å²) in [6.07, 6.45) is 3.04. The van der Waals surface area contributed by atoms with Crippen LogP contribution in [0.5, 0.6) is 0 Å². The standard InChI is InChI=1S/C9H18N2S.2ClH/c1-2-3-8(10)6-9-7-12-5-4-11-9;;/h9-11H,2-7H2,1H3;2*1H. The van der Waals surface area contributed by atoms with E-state index < -0.39 is 0 Å². The second kappa shape index (κ2) is 10.1. The summed E-state index contributed by atoms with van der Waals surface area (Å²) in [6, 6.07) is 0.572. The fourth-order valence-electron chi connectivity index (χ4n) is 1.45. The molecule has 1 heterocycles. The first-order valence-corrected chi connectivity index (χ1v) is 5.85. The number of rotatable bonds is 4. The van der Waals surface area contributed by atoms with Gasteiger partial charge in [0.05, 0.1) is 0 Å². The normalized spacial score (nSPS) is 20.5. The van der Waals surface area contributed by atoms with E-state index in [0.29, 0.717) is 6.04 Å². The van der Waals surface area contributed by atoms with Gasteiger partial charge in [0.1, 0.15) is 0 Å². The quantitative estimate of drug-likeness (QED) is 0.761. The van der Waals surface area contributed by atoms with Gasteiger partial charge in [0.25, 0.3) is 0 Å². The maximum atomic E-state index is 7.68. The highest BCUT2D eigenvalue weighted by molar-refractivity contribution is 7.99. The van der Waals surface area contributed by atoms with Crippen molar-refractivity contribution >= 4 is 42.3 Å². The molecule has 0 aromatic heterocycles. The van der Waals surface area contributed by atoms with Crippen molar-refractivity contribution < 1.29 is 0 Å². The van der Waals surface area contributed by atoms with Gasteiger partial charge in [0.15, 0.2) is 0 Å². The van der Waals surface area contributed by atoms with Crippen LogP contribution in [0.3, 0.4) is 0 Å². The molecule has 0 bridgehead atoms. The van der Waals surface area contributed by atoms with Crippen LogP contribution in [0.2, 0.25) is 0 Å². The average Bonchev–Trinajstić information content (AvgIpc) is 2.06. The van der Waals surface area contributed by atoms with Gasteiger partial charge in [-0.3, -0.25) is 0 Å². The van der Waals surface area contributed by atoms with Crippen molar-refractivity contribution in [2.75, 3.05) is 18.1 Å². The molecule has 1 aliphatic rings. The zero-order chi connectivity index (χ0) is 8.81. The molecule has 1 saturated heterocycles. The zero-order valence-electron chi connectivity index (χ0n) is 8.54. The molecule has 0 aromatic carbocycles. The van der Waals surface area contributed by atoms with Gasteiger partial charge in [-0.15, -0.1) is 24.8 Å². The smallest absolute Gasteiger partial charge is 0.0210 e. The zero-order valence-corrected chi connectivity index (χ0v) is 11.0. The number of thioether (sulfide) groups is 1. The van der Waals surface area contributed by atoms with Crippen molar-refractivity contribution in [3.63, 3.8) is 0 Å². The van der Waals surface area contributed by atoms with Gasteiger partial charge in [0.2, 0.25) is 0 Å². The first-order valence-electron chi connectivity index (χ1n) is 4.70. The van der Waals surface area contributed by atoms with Crippen molar-refractivity contribution in [1.82, 2.24) is 5.32 Å². The predicted octanol–water partition coefficient (Wildman–Crippen LogP) is 2.74. The van der Waals surface area contributed by atoms with E-state index in [2.05, 4.69) is 12.2 Å². The molecule has 1 fully saturated rings. The van der Waals surface area contributed by atoms with E-state index >= 15 is 0 Å². The molecule has 0 aromatic rings. The third-order valence-electron chi connectivity index (χ3n) is 2.04. The number of hydrogen-bond donors (Lipinski definition) is 2. The van der Waals surface area contributed by atoms with Crippen molar-refractivity contribution in [2.45, 2.75) is 32.2 Å². The predicted molar refractivity (Wildman–Crippen MR) is 70.9 cm³/mol. The third-order valence-corrected chi connectivity index (χ3v) is 3.17. The van der Waals surface area contributed by atoms with Crippen LogP contribution in [-0.4, -0.2) is 29.8 Å². The fraction of sp³-hybridized carbons (Fsp3) is 0.889. The van der Waals surface area contributed by atoms with Crippen LogP contribution < -0.4 is 5.32 Å². The van der Waals surface area contributed by atoms with Crippen molar-refractivity contribution in [3.8, 4) is 0 Å². The van der Waals surface area contributed by atoms with E-state index in [1.54, 1.807) is 0 Å². The number of hydrogen-bond acceptors (Lipinski definition) is 3. The van der Waals surface area contributed by atoms with E-state index in [1.807, 2.05) is 11.8 Å². The molecule has 2 N–H and O–H groups in total. The van der Waals surface area contributed by atoms with Crippen molar-refractivity contribution in [1.29, 1.82) is 5.41 Å². The van der Waals surface area contributed by atoms with E-state index in [9.17, 15) is 0 Å². The summed E-state index contributed by atoms with van der Waals surface area (Å²) < 4.78 is 0. The Hall–Kier alpha value is 0.560. The molecule has 0 aliphatic carbocycles. The minimum atomic E-state index is 0. The molecule has 0 saturated carbocycles. The van der Waals surface area contributed by atoms with Crippen LogP contribution in [0.4, 0.5) is 0 Å². The molecule has 14 heavy (non-hydrogen) atoms. The Bertz CT molecular complexity index is 150. The first-order chi connectivity index (χ1) is 5.83. The monoisotopic (exact) mass is 258 g/mol. The van der Waals surface area contributed by atoms with Gasteiger partial charge in [-0.05, 0) is 6.42 Å². The Morgan fingerprint density at radius 3 is 2.71 bits per heavy atom. The van der Waals surface area contributed by atoms with Crippen LogP contribution >= 0.6 is 36.6 Å². The minimum Gasteiger partial charge on any atom is -0.312 e. The topological polar surface area (TPSA) is 35.9 Å². The second-order valence-electron chi connectivity index (χ2n) is 3.28. The summed E-state index contributed by atoms with van der Waals surface area (Å²) in [7, 11) is 0. The Labute approximate surface area is 103 Å². The van der Waals surface area contributed by atoms with Gasteiger partial charge in [-0.2, -0.15) is 11.8 Å². The molecule has 1 rings (SSSR count). The lowest BCUT2D eigenvalue weighted by Gasteiger charge is -2.23. The summed E-state index contributed by atoms with van der Waals surface area (Å²) in [5.74, 6) is 2.42. The van der Waals surface area contributed by atoms with Crippen molar-refractivity contribution in [2.24, 2.45) is 0 Å². The lowest BCUT2D eigenvalue weighted by atomic mass is 10.1. The Kier molecular flexibility index (Phi) is 12.2. The molecular weight excluding hydrogens is 239 g/mol. The number of nitrogens with one attached hydrogen (secondary N) is 2. The highest BCUT2D eigenvalue weighted by Gasteiger charge is 2.13. The van der Waals surface area contributed by atoms with Crippen LogP contribution in [0, 0.1) is 5.41 Å². The van der Waals surface area contributed by atoms with E-state index in [4.69, 9.17) is 5.41 Å². The van der Waals surface area contributed by atoms with Crippen LogP contribution in [0.25, 0.3) is 0 Å². The summed E-state index contributed by atoms with van der Waals surface area (Å²) in [5, 5.41) is 11.1. The Morgan fingerprint density at radius 1 is 1.50 bits per heavy atom. The Morgan fingerprint density at radius 2 is 2.21 bits per heavy atom. The molecule has 0 radical (unpaired) electrons. The van der Waals surface area contributed by atoms with E-state index in [-0.39, 0.29) is 24.8 Å². The van der Waals surface area contributed by atoms with Gasteiger partial charge in [-0.1, -0.05) is 13.3 Å². The number of halogens is 2. The van der Waals surface area contributed by atoms with E-state index in [1.165, 1.54) is 11.5 Å². The molecular formula is C9H20Cl2N2S. The van der Waals surface area contributed by atoms with Gasteiger partial charge >= 0.3 is 0 Å². The minimum absolute atomic E-state index is 0. The van der Waals surface area contributed by atoms with Crippen molar-refractivity contribution in [3.05, 3.63) is 0 Å². The summed E-state index contributed by atoms with van der Waals surface area (Å²) in [5.41, 5.74) is 0.914. The van der Waals surface area contributed by atoms with Gasteiger partial charge in [-0.25, -0.2) is 0 Å². The van der Waals surface area contributed by atoms with Crippen LogP contribution in [0.1, 0.15) is 26.2 Å². The summed E-state index contributed by atoms with van der Waals surface area (Å²) in [6.45, 7) is 3.26. The van der Waals surface area contributed by atoms with Crippen LogP contribution in [0.15, 0.2) is 0 Å². The fourth-order valence-corrected chi connectivity index (χ4v) is 2.40. The maximum Gasteiger partial charge on any atom is 0.0210 e. The highest BCUT2D eigenvalue weighted by Crippen LogP contribution is 2.11. The molecule has 2 nitrogen and oxygen atoms in total. The van der Waals surface area contributed by atoms with E-state index in [0.717, 1.165) is 31.5 Å². The lowest BCUT2D eigenvalue weighted by Crippen LogP contribution is -2.38. The Balaban J connectivity index is 0. The molecule has 1 unspecified atom stereocenters. The molecule has 0 spiro atoms. The molecule has 1 atom stereocenters. The molecule has 5 heteroatoms. The average molecular weight is 259 g/mol. The van der Waals surface area contributed by atoms with Gasteiger partial charge < -0.3 is 10.7 Å². The second-order valence-corrected chi connectivity index (χ2v) is 4.43.